The Morgan fingerprint density at radius 2 is 1.75 bits per heavy atom. The van der Waals surface area contributed by atoms with Crippen LogP contribution >= 0.6 is 34.8 Å². The van der Waals surface area contributed by atoms with E-state index in [-0.39, 0.29) is 5.91 Å². The van der Waals surface area contributed by atoms with Crippen LogP contribution < -0.4 is 10.6 Å². The molecule has 1 unspecified atom stereocenters. The highest BCUT2D eigenvalue weighted by molar-refractivity contribution is 6.68. The van der Waals surface area contributed by atoms with Gasteiger partial charge in [0.15, 0.2) is 0 Å². The Morgan fingerprint density at radius 3 is 2.35 bits per heavy atom. The molecular formula is C14H13Cl3N2O. The Labute approximate surface area is 132 Å². The van der Waals surface area contributed by atoms with Crippen molar-refractivity contribution >= 4 is 57.2 Å². The van der Waals surface area contributed by atoms with Crippen molar-refractivity contribution in [3.05, 3.63) is 42.5 Å². The van der Waals surface area contributed by atoms with E-state index in [4.69, 9.17) is 34.8 Å². The van der Waals surface area contributed by atoms with Gasteiger partial charge in [0, 0.05) is 12.6 Å². The van der Waals surface area contributed by atoms with Gasteiger partial charge < -0.3 is 10.6 Å². The van der Waals surface area contributed by atoms with Gasteiger partial charge in [0.05, 0.1) is 0 Å². The second-order valence-corrected chi connectivity index (χ2v) is 6.75. The van der Waals surface area contributed by atoms with Crippen LogP contribution in [0.2, 0.25) is 0 Å². The lowest BCUT2D eigenvalue weighted by atomic mass is 10.1. The van der Waals surface area contributed by atoms with Crippen molar-refractivity contribution < 1.29 is 4.79 Å². The van der Waals surface area contributed by atoms with Gasteiger partial charge in [-0.3, -0.25) is 4.79 Å². The quantitative estimate of drug-likeness (QED) is 0.657. The maximum Gasteiger partial charge on any atom is 0.228 e. The molecule has 1 amide bonds. The second kappa shape index (κ2) is 6.08. The molecule has 0 aliphatic rings. The molecule has 6 heteroatoms. The molecular weight excluding hydrogens is 319 g/mol. The summed E-state index contributed by atoms with van der Waals surface area (Å²) in [6.07, 6.45) is -0.814. The van der Waals surface area contributed by atoms with E-state index in [1.165, 1.54) is 6.92 Å². The van der Waals surface area contributed by atoms with Crippen LogP contribution in [-0.4, -0.2) is 15.9 Å². The molecule has 3 nitrogen and oxygen atoms in total. The number of benzene rings is 2. The van der Waals surface area contributed by atoms with Crippen molar-refractivity contribution in [2.75, 3.05) is 5.32 Å². The molecule has 0 saturated carbocycles. The van der Waals surface area contributed by atoms with Crippen molar-refractivity contribution in [3.63, 3.8) is 0 Å². The van der Waals surface area contributed by atoms with Crippen LogP contribution in [0.1, 0.15) is 6.92 Å². The van der Waals surface area contributed by atoms with E-state index in [2.05, 4.69) is 10.6 Å². The van der Waals surface area contributed by atoms with E-state index in [1.807, 2.05) is 42.5 Å². The standard InChI is InChI=1S/C14H13Cl3N2O/c1-9(20)18-13(14(15,16)17)19-12-7-6-10-4-2-3-5-11(10)8-12/h2-8,13,19H,1H3,(H,18,20). The summed E-state index contributed by atoms with van der Waals surface area (Å²) in [6.45, 7) is 1.37. The molecule has 0 aromatic heterocycles. The molecule has 0 aliphatic carbocycles. The number of rotatable bonds is 3. The van der Waals surface area contributed by atoms with Gasteiger partial charge in [-0.2, -0.15) is 0 Å². The number of carbonyl (C=O) groups excluding carboxylic acids is 1. The third kappa shape index (κ3) is 3.92. The number of nitrogens with one attached hydrogen (secondary N) is 2. The predicted molar refractivity (Wildman–Crippen MR) is 85.5 cm³/mol. The summed E-state index contributed by atoms with van der Waals surface area (Å²) in [5.74, 6) is -0.283. The zero-order valence-electron chi connectivity index (χ0n) is 10.7. The number of hydrogen-bond donors (Lipinski definition) is 2. The molecule has 0 aliphatic heterocycles. The van der Waals surface area contributed by atoms with Gasteiger partial charge in [-0.1, -0.05) is 65.1 Å². The number of halogens is 3. The third-order valence-corrected chi connectivity index (χ3v) is 3.39. The fourth-order valence-corrected chi connectivity index (χ4v) is 2.18. The van der Waals surface area contributed by atoms with Crippen molar-refractivity contribution in [1.82, 2.24) is 5.32 Å². The highest BCUT2D eigenvalue weighted by Crippen LogP contribution is 2.31. The third-order valence-electron chi connectivity index (χ3n) is 2.74. The van der Waals surface area contributed by atoms with Crippen molar-refractivity contribution in [2.45, 2.75) is 16.9 Å². The molecule has 0 spiro atoms. The minimum Gasteiger partial charge on any atom is -0.362 e. The molecule has 0 heterocycles. The van der Waals surface area contributed by atoms with E-state index in [9.17, 15) is 4.79 Å². The minimum atomic E-state index is -1.66. The molecule has 2 rings (SSSR count). The van der Waals surface area contributed by atoms with Crippen LogP contribution in [0.15, 0.2) is 42.5 Å². The van der Waals surface area contributed by atoms with E-state index in [1.54, 1.807) is 0 Å². The van der Waals surface area contributed by atoms with Crippen LogP contribution in [0, 0.1) is 0 Å². The lowest BCUT2D eigenvalue weighted by Gasteiger charge is -2.27. The van der Waals surface area contributed by atoms with E-state index >= 15 is 0 Å². The molecule has 0 saturated heterocycles. The summed E-state index contributed by atoms with van der Waals surface area (Å²) >= 11 is 17.6. The lowest BCUT2D eigenvalue weighted by molar-refractivity contribution is -0.119. The van der Waals surface area contributed by atoms with Crippen LogP contribution in [0.25, 0.3) is 10.8 Å². The smallest absolute Gasteiger partial charge is 0.228 e. The normalized spacial score (nSPS) is 13.0. The lowest BCUT2D eigenvalue weighted by Crippen LogP contribution is -2.48. The Balaban J connectivity index is 2.26. The van der Waals surface area contributed by atoms with Gasteiger partial charge in [0.2, 0.25) is 9.70 Å². The topological polar surface area (TPSA) is 41.1 Å². The fourth-order valence-electron chi connectivity index (χ4n) is 1.85. The molecule has 2 aromatic rings. The Kier molecular flexibility index (Phi) is 4.63. The van der Waals surface area contributed by atoms with Gasteiger partial charge in [0.1, 0.15) is 6.17 Å². The SMILES string of the molecule is CC(=O)NC(Nc1ccc2ccccc2c1)C(Cl)(Cl)Cl. The first-order valence-corrected chi connectivity index (χ1v) is 7.09. The van der Waals surface area contributed by atoms with Crippen LogP contribution in [-0.2, 0) is 4.79 Å². The van der Waals surface area contributed by atoms with Crippen molar-refractivity contribution in [2.24, 2.45) is 0 Å². The van der Waals surface area contributed by atoms with E-state index in [0.29, 0.717) is 0 Å². The fraction of sp³-hybridized carbons (Fsp3) is 0.214. The first-order valence-electron chi connectivity index (χ1n) is 5.95. The van der Waals surface area contributed by atoms with Gasteiger partial charge in [-0.25, -0.2) is 0 Å². The summed E-state index contributed by atoms with van der Waals surface area (Å²) in [5, 5.41) is 7.76. The largest absolute Gasteiger partial charge is 0.362 e. The molecule has 0 fully saturated rings. The number of hydrogen-bond acceptors (Lipinski definition) is 2. The Morgan fingerprint density at radius 1 is 1.10 bits per heavy atom. The van der Waals surface area contributed by atoms with Gasteiger partial charge >= 0.3 is 0 Å². The number of carbonyl (C=O) groups is 1. The molecule has 106 valence electrons. The summed E-state index contributed by atoms with van der Waals surface area (Å²) in [5.41, 5.74) is 0.758. The maximum atomic E-state index is 11.2. The van der Waals surface area contributed by atoms with Gasteiger partial charge in [-0.05, 0) is 22.9 Å². The van der Waals surface area contributed by atoms with Crippen LogP contribution in [0.5, 0.6) is 0 Å². The van der Waals surface area contributed by atoms with E-state index < -0.39 is 9.96 Å². The Hall–Kier alpha value is -1.16. The Bertz CT molecular complexity index is 625. The molecule has 2 aromatic carbocycles. The van der Waals surface area contributed by atoms with E-state index in [0.717, 1.165) is 16.5 Å². The number of alkyl halides is 3. The zero-order chi connectivity index (χ0) is 14.8. The highest BCUT2D eigenvalue weighted by Gasteiger charge is 2.33. The number of fused-ring (bicyclic) bond motifs is 1. The van der Waals surface area contributed by atoms with Gasteiger partial charge in [-0.15, -0.1) is 0 Å². The van der Waals surface area contributed by atoms with Crippen LogP contribution in [0.4, 0.5) is 5.69 Å². The number of anilines is 1. The molecule has 20 heavy (non-hydrogen) atoms. The van der Waals surface area contributed by atoms with Crippen molar-refractivity contribution in [3.8, 4) is 0 Å². The van der Waals surface area contributed by atoms with Gasteiger partial charge in [0.25, 0.3) is 0 Å². The predicted octanol–water partition coefficient (Wildman–Crippen LogP) is 4.08. The summed E-state index contributed by atoms with van der Waals surface area (Å²) < 4.78 is -1.66. The first kappa shape index (κ1) is 15.2. The maximum absolute atomic E-state index is 11.2. The highest BCUT2D eigenvalue weighted by atomic mass is 35.6. The first-order chi connectivity index (χ1) is 9.36. The molecule has 0 bridgehead atoms. The summed E-state index contributed by atoms with van der Waals surface area (Å²) in [7, 11) is 0. The van der Waals surface area contributed by atoms with Crippen molar-refractivity contribution in [1.29, 1.82) is 0 Å². The molecule has 0 radical (unpaired) electrons. The average Bonchev–Trinajstić information content (AvgIpc) is 2.36. The second-order valence-electron chi connectivity index (χ2n) is 4.38. The minimum absolute atomic E-state index is 0.283. The molecule has 2 N–H and O–H groups in total. The monoisotopic (exact) mass is 330 g/mol. The summed E-state index contributed by atoms with van der Waals surface area (Å²) in [4.78, 5) is 11.2. The van der Waals surface area contributed by atoms with Crippen LogP contribution in [0.3, 0.4) is 0 Å². The number of amides is 1. The molecule has 1 atom stereocenters. The summed E-state index contributed by atoms with van der Waals surface area (Å²) in [6, 6.07) is 13.7. The average molecular weight is 332 g/mol. The zero-order valence-corrected chi connectivity index (χ0v) is 12.9.